The number of carbonyl (C=O) groups excluding carboxylic acids is 1. The number of carbonyl (C=O) groups is 1. The maximum atomic E-state index is 11.8. The SMILES string of the molecule is O=C(Nc1ccc(CCl)cc1)C1COCCO1. The second-order valence-corrected chi connectivity index (χ2v) is 4.02. The first-order valence-corrected chi connectivity index (χ1v) is 5.98. The van der Waals surface area contributed by atoms with Gasteiger partial charge in [-0.05, 0) is 17.7 Å². The molecular weight excluding hydrogens is 242 g/mol. The minimum atomic E-state index is -0.517. The summed E-state index contributed by atoms with van der Waals surface area (Å²) in [5.41, 5.74) is 1.75. The Bertz CT molecular complexity index is 374. The van der Waals surface area contributed by atoms with E-state index in [4.69, 9.17) is 21.1 Å². The second kappa shape index (κ2) is 6.00. The molecule has 1 saturated heterocycles. The zero-order valence-electron chi connectivity index (χ0n) is 9.32. The lowest BCUT2D eigenvalue weighted by Crippen LogP contribution is -2.39. The van der Waals surface area contributed by atoms with Crippen LogP contribution >= 0.6 is 11.6 Å². The van der Waals surface area contributed by atoms with Crippen LogP contribution in [0.1, 0.15) is 5.56 Å². The highest BCUT2D eigenvalue weighted by atomic mass is 35.5. The van der Waals surface area contributed by atoms with Gasteiger partial charge in [-0.3, -0.25) is 4.79 Å². The maximum Gasteiger partial charge on any atom is 0.255 e. The molecule has 1 unspecified atom stereocenters. The summed E-state index contributed by atoms with van der Waals surface area (Å²) in [4.78, 5) is 11.8. The highest BCUT2D eigenvalue weighted by Gasteiger charge is 2.22. The number of anilines is 1. The molecule has 1 heterocycles. The standard InChI is InChI=1S/C12H14ClNO3/c13-7-9-1-3-10(4-2-9)14-12(15)11-8-16-5-6-17-11/h1-4,11H,5-8H2,(H,14,15). The second-order valence-electron chi connectivity index (χ2n) is 3.75. The first-order valence-electron chi connectivity index (χ1n) is 5.44. The van der Waals surface area contributed by atoms with Crippen molar-refractivity contribution in [2.45, 2.75) is 12.0 Å². The van der Waals surface area contributed by atoms with Crippen molar-refractivity contribution < 1.29 is 14.3 Å². The molecule has 4 nitrogen and oxygen atoms in total. The molecule has 0 aliphatic carbocycles. The lowest BCUT2D eigenvalue weighted by molar-refractivity contribution is -0.142. The molecular formula is C12H14ClNO3. The van der Waals surface area contributed by atoms with E-state index in [-0.39, 0.29) is 5.91 Å². The number of hydrogen-bond acceptors (Lipinski definition) is 3. The maximum absolute atomic E-state index is 11.8. The quantitative estimate of drug-likeness (QED) is 0.838. The van der Waals surface area contributed by atoms with Crippen LogP contribution in [-0.2, 0) is 20.1 Å². The van der Waals surface area contributed by atoms with Crippen molar-refractivity contribution in [3.8, 4) is 0 Å². The molecule has 5 heteroatoms. The Morgan fingerprint density at radius 1 is 1.35 bits per heavy atom. The fourth-order valence-electron chi connectivity index (χ4n) is 1.54. The normalized spacial score (nSPS) is 19.9. The van der Waals surface area contributed by atoms with Crippen molar-refractivity contribution in [2.75, 3.05) is 25.1 Å². The van der Waals surface area contributed by atoms with Gasteiger partial charge in [0.15, 0.2) is 6.10 Å². The van der Waals surface area contributed by atoms with Crippen molar-refractivity contribution in [3.63, 3.8) is 0 Å². The Morgan fingerprint density at radius 3 is 2.71 bits per heavy atom. The molecule has 92 valence electrons. The van der Waals surface area contributed by atoms with Crippen LogP contribution in [0.2, 0.25) is 0 Å². The number of alkyl halides is 1. The van der Waals surface area contributed by atoms with E-state index < -0.39 is 6.10 Å². The van der Waals surface area contributed by atoms with Crippen molar-refractivity contribution in [1.29, 1.82) is 0 Å². The third-order valence-corrected chi connectivity index (χ3v) is 2.79. The van der Waals surface area contributed by atoms with Gasteiger partial charge in [-0.1, -0.05) is 12.1 Å². The molecule has 0 aromatic heterocycles. The van der Waals surface area contributed by atoms with E-state index in [0.717, 1.165) is 11.3 Å². The van der Waals surface area contributed by atoms with Gasteiger partial charge in [-0.15, -0.1) is 11.6 Å². The van der Waals surface area contributed by atoms with E-state index in [2.05, 4.69) is 5.32 Å². The summed E-state index contributed by atoms with van der Waals surface area (Å²) in [6.07, 6.45) is -0.517. The lowest BCUT2D eigenvalue weighted by atomic mass is 10.2. The summed E-state index contributed by atoms with van der Waals surface area (Å²) < 4.78 is 10.5. The minimum Gasteiger partial charge on any atom is -0.376 e. The van der Waals surface area contributed by atoms with Gasteiger partial charge in [0.25, 0.3) is 5.91 Å². The summed E-state index contributed by atoms with van der Waals surface area (Å²) in [5.74, 6) is 0.289. The average Bonchev–Trinajstić information content (AvgIpc) is 2.40. The van der Waals surface area contributed by atoms with E-state index in [1.807, 2.05) is 24.3 Å². The fourth-order valence-corrected chi connectivity index (χ4v) is 1.72. The summed E-state index contributed by atoms with van der Waals surface area (Å²) in [7, 11) is 0. The van der Waals surface area contributed by atoms with Crippen molar-refractivity contribution >= 4 is 23.2 Å². The van der Waals surface area contributed by atoms with E-state index >= 15 is 0 Å². The molecule has 1 amide bonds. The molecule has 0 radical (unpaired) electrons. The minimum absolute atomic E-state index is 0.177. The first kappa shape index (κ1) is 12.4. The smallest absolute Gasteiger partial charge is 0.255 e. The van der Waals surface area contributed by atoms with Crippen LogP contribution in [0.15, 0.2) is 24.3 Å². The van der Waals surface area contributed by atoms with Crippen LogP contribution < -0.4 is 5.32 Å². The van der Waals surface area contributed by atoms with E-state index in [1.165, 1.54) is 0 Å². The molecule has 0 bridgehead atoms. The predicted octanol–water partition coefficient (Wildman–Crippen LogP) is 1.78. The Balaban J connectivity index is 1.92. The van der Waals surface area contributed by atoms with Gasteiger partial charge in [0.1, 0.15) is 0 Å². The zero-order chi connectivity index (χ0) is 12.1. The van der Waals surface area contributed by atoms with Crippen LogP contribution in [0.25, 0.3) is 0 Å². The highest BCUT2D eigenvalue weighted by Crippen LogP contribution is 2.12. The van der Waals surface area contributed by atoms with Crippen LogP contribution in [0.3, 0.4) is 0 Å². The fraction of sp³-hybridized carbons (Fsp3) is 0.417. The summed E-state index contributed by atoms with van der Waals surface area (Å²) in [5, 5.41) is 2.78. The summed E-state index contributed by atoms with van der Waals surface area (Å²) >= 11 is 5.68. The Hall–Kier alpha value is -1.10. The lowest BCUT2D eigenvalue weighted by Gasteiger charge is -2.22. The van der Waals surface area contributed by atoms with Crippen LogP contribution in [0, 0.1) is 0 Å². The van der Waals surface area contributed by atoms with Gasteiger partial charge in [-0.25, -0.2) is 0 Å². The van der Waals surface area contributed by atoms with Crippen LogP contribution in [0.5, 0.6) is 0 Å². The number of halogens is 1. The summed E-state index contributed by atoms with van der Waals surface area (Å²) in [6.45, 7) is 1.32. The molecule has 1 N–H and O–H groups in total. The molecule has 1 aromatic carbocycles. The molecule has 1 aromatic rings. The van der Waals surface area contributed by atoms with Crippen molar-refractivity contribution in [1.82, 2.24) is 0 Å². The third-order valence-electron chi connectivity index (χ3n) is 2.48. The Kier molecular flexibility index (Phi) is 4.36. The largest absolute Gasteiger partial charge is 0.376 e. The highest BCUT2D eigenvalue weighted by molar-refractivity contribution is 6.17. The van der Waals surface area contributed by atoms with Crippen LogP contribution in [0.4, 0.5) is 5.69 Å². The van der Waals surface area contributed by atoms with Gasteiger partial charge in [0, 0.05) is 11.6 Å². The number of ether oxygens (including phenoxy) is 2. The molecule has 17 heavy (non-hydrogen) atoms. The van der Waals surface area contributed by atoms with Gasteiger partial charge >= 0.3 is 0 Å². The summed E-state index contributed by atoms with van der Waals surface area (Å²) in [6, 6.07) is 7.39. The van der Waals surface area contributed by atoms with Gasteiger partial charge in [0.05, 0.1) is 19.8 Å². The Morgan fingerprint density at radius 2 is 2.12 bits per heavy atom. The number of nitrogens with one attached hydrogen (secondary N) is 1. The number of benzene rings is 1. The first-order chi connectivity index (χ1) is 8.29. The topological polar surface area (TPSA) is 47.6 Å². The average molecular weight is 256 g/mol. The predicted molar refractivity (Wildman–Crippen MR) is 65.2 cm³/mol. The molecule has 1 fully saturated rings. The molecule has 0 saturated carbocycles. The van der Waals surface area contributed by atoms with Crippen LogP contribution in [-0.4, -0.2) is 31.8 Å². The van der Waals surface area contributed by atoms with Crippen molar-refractivity contribution in [2.24, 2.45) is 0 Å². The number of hydrogen-bond donors (Lipinski definition) is 1. The number of amides is 1. The molecule has 1 atom stereocenters. The zero-order valence-corrected chi connectivity index (χ0v) is 10.1. The Labute approximate surface area is 105 Å². The molecule has 2 rings (SSSR count). The molecule has 1 aliphatic heterocycles. The van der Waals surface area contributed by atoms with E-state index in [0.29, 0.717) is 25.7 Å². The monoisotopic (exact) mass is 255 g/mol. The van der Waals surface area contributed by atoms with Crippen molar-refractivity contribution in [3.05, 3.63) is 29.8 Å². The third kappa shape index (κ3) is 3.43. The van der Waals surface area contributed by atoms with E-state index in [9.17, 15) is 4.79 Å². The van der Waals surface area contributed by atoms with E-state index in [1.54, 1.807) is 0 Å². The molecule has 1 aliphatic rings. The van der Waals surface area contributed by atoms with Gasteiger partial charge in [-0.2, -0.15) is 0 Å². The number of rotatable bonds is 3. The molecule has 0 spiro atoms. The van der Waals surface area contributed by atoms with Gasteiger partial charge < -0.3 is 14.8 Å². The van der Waals surface area contributed by atoms with Gasteiger partial charge in [0.2, 0.25) is 0 Å².